The third-order valence-electron chi connectivity index (χ3n) is 7.80. The zero-order valence-corrected chi connectivity index (χ0v) is 19.0. The van der Waals surface area contributed by atoms with Crippen molar-refractivity contribution in [2.45, 2.75) is 62.4 Å². The molecule has 0 radical (unpaired) electrons. The van der Waals surface area contributed by atoms with Crippen molar-refractivity contribution < 1.29 is 19.4 Å². The van der Waals surface area contributed by atoms with Gasteiger partial charge in [0.25, 0.3) is 0 Å². The summed E-state index contributed by atoms with van der Waals surface area (Å²) >= 11 is 0. The number of carbonyl (C=O) groups excluding carboxylic acids is 2. The van der Waals surface area contributed by atoms with E-state index in [4.69, 9.17) is 15.5 Å². The van der Waals surface area contributed by atoms with Gasteiger partial charge in [0, 0.05) is 17.4 Å². The summed E-state index contributed by atoms with van der Waals surface area (Å²) in [5.74, 6) is 0.341. The van der Waals surface area contributed by atoms with Gasteiger partial charge in [-0.05, 0) is 44.2 Å². The molecule has 2 saturated carbocycles. The normalized spacial score (nSPS) is 24.1. The van der Waals surface area contributed by atoms with Gasteiger partial charge in [0.1, 0.15) is 23.4 Å². The number of fused-ring (bicyclic) bond motifs is 1. The maximum atomic E-state index is 12.6. The highest BCUT2D eigenvalue weighted by Crippen LogP contribution is 2.48. The van der Waals surface area contributed by atoms with Gasteiger partial charge >= 0.3 is 0 Å². The van der Waals surface area contributed by atoms with E-state index < -0.39 is 16.9 Å². The topological polar surface area (TPSA) is 115 Å². The monoisotopic (exact) mass is 449 g/mol. The molecule has 2 heterocycles. The average molecular weight is 450 g/mol. The molecular weight excluding hydrogens is 418 g/mol. The minimum Gasteiger partial charge on any atom is -0.490 e. The summed E-state index contributed by atoms with van der Waals surface area (Å²) in [6.45, 7) is 1.93. The second-order valence-corrected chi connectivity index (χ2v) is 9.95. The Labute approximate surface area is 193 Å². The SMILES string of the molecule is C[C@]1(C(N)=O)COc2c1cc([C@@](O)(CNC(=O)C1CCC1)c1ccccc1)nc2C1CCC1. The number of hydrogen-bond donors (Lipinski definition) is 3. The van der Waals surface area contributed by atoms with Gasteiger partial charge in [-0.2, -0.15) is 0 Å². The lowest BCUT2D eigenvalue weighted by Crippen LogP contribution is -2.45. The molecule has 2 aromatic rings. The number of hydrogen-bond acceptors (Lipinski definition) is 5. The molecule has 0 spiro atoms. The summed E-state index contributed by atoms with van der Waals surface area (Å²) in [6.07, 6.45) is 5.91. The molecule has 7 heteroatoms. The molecule has 1 aromatic heterocycles. The Balaban J connectivity index is 1.61. The molecule has 174 valence electrons. The van der Waals surface area contributed by atoms with Crippen molar-refractivity contribution in [3.8, 4) is 5.75 Å². The van der Waals surface area contributed by atoms with Crippen LogP contribution < -0.4 is 15.8 Å². The minimum atomic E-state index is -1.56. The van der Waals surface area contributed by atoms with E-state index in [-0.39, 0.29) is 30.9 Å². The Kier molecular flexibility index (Phi) is 5.40. The predicted molar refractivity (Wildman–Crippen MR) is 123 cm³/mol. The molecule has 1 aliphatic heterocycles. The predicted octanol–water partition coefficient (Wildman–Crippen LogP) is 2.64. The smallest absolute Gasteiger partial charge is 0.231 e. The van der Waals surface area contributed by atoms with Crippen LogP contribution in [0.3, 0.4) is 0 Å². The highest BCUT2D eigenvalue weighted by molar-refractivity contribution is 5.88. The molecule has 2 fully saturated rings. The van der Waals surface area contributed by atoms with Gasteiger partial charge in [-0.1, -0.05) is 43.2 Å². The van der Waals surface area contributed by atoms with Crippen molar-refractivity contribution in [3.63, 3.8) is 0 Å². The highest BCUT2D eigenvalue weighted by atomic mass is 16.5. The fraction of sp³-hybridized carbons (Fsp3) is 0.500. The van der Waals surface area contributed by atoms with Crippen LogP contribution in [0.5, 0.6) is 5.75 Å². The van der Waals surface area contributed by atoms with E-state index >= 15 is 0 Å². The molecule has 4 N–H and O–H groups in total. The van der Waals surface area contributed by atoms with E-state index in [0.717, 1.165) is 44.2 Å². The quantitative estimate of drug-likeness (QED) is 0.601. The van der Waals surface area contributed by atoms with Crippen LogP contribution in [0.2, 0.25) is 0 Å². The number of ether oxygens (including phenoxy) is 1. The molecule has 3 aliphatic rings. The number of benzene rings is 1. The first-order valence-corrected chi connectivity index (χ1v) is 11.9. The van der Waals surface area contributed by atoms with Gasteiger partial charge in [0.15, 0.2) is 0 Å². The molecule has 33 heavy (non-hydrogen) atoms. The fourth-order valence-electron chi connectivity index (χ4n) is 4.87. The molecule has 2 amide bonds. The van der Waals surface area contributed by atoms with Crippen LogP contribution in [0.25, 0.3) is 0 Å². The number of rotatable bonds is 7. The molecule has 2 atom stereocenters. The summed E-state index contributed by atoms with van der Waals surface area (Å²) in [5, 5.41) is 15.0. The Bertz CT molecular complexity index is 1080. The third kappa shape index (κ3) is 3.59. The van der Waals surface area contributed by atoms with Crippen molar-refractivity contribution in [3.05, 3.63) is 58.9 Å². The minimum absolute atomic E-state index is 0.00359. The van der Waals surface area contributed by atoms with Crippen molar-refractivity contribution in [1.29, 1.82) is 0 Å². The van der Waals surface area contributed by atoms with Crippen LogP contribution in [-0.4, -0.2) is 35.1 Å². The van der Waals surface area contributed by atoms with Crippen LogP contribution in [0.15, 0.2) is 36.4 Å². The molecular formula is C26H31N3O4. The van der Waals surface area contributed by atoms with Gasteiger partial charge < -0.3 is 20.9 Å². The van der Waals surface area contributed by atoms with E-state index in [1.54, 1.807) is 13.0 Å². The van der Waals surface area contributed by atoms with Gasteiger partial charge in [0.2, 0.25) is 11.8 Å². The zero-order valence-electron chi connectivity index (χ0n) is 19.0. The molecule has 5 rings (SSSR count). The number of nitrogens with one attached hydrogen (secondary N) is 1. The van der Waals surface area contributed by atoms with E-state index in [1.807, 2.05) is 30.3 Å². The maximum Gasteiger partial charge on any atom is 0.231 e. The lowest BCUT2D eigenvalue weighted by molar-refractivity contribution is -0.128. The van der Waals surface area contributed by atoms with Gasteiger partial charge in [0.05, 0.1) is 17.9 Å². The number of pyridine rings is 1. The Hall–Kier alpha value is -2.93. The van der Waals surface area contributed by atoms with Crippen molar-refractivity contribution >= 4 is 11.8 Å². The molecule has 0 saturated heterocycles. The van der Waals surface area contributed by atoms with Gasteiger partial charge in [-0.25, -0.2) is 0 Å². The van der Waals surface area contributed by atoms with E-state index in [2.05, 4.69) is 5.32 Å². The number of aromatic nitrogens is 1. The van der Waals surface area contributed by atoms with Crippen LogP contribution in [0, 0.1) is 5.92 Å². The largest absolute Gasteiger partial charge is 0.490 e. The van der Waals surface area contributed by atoms with E-state index in [9.17, 15) is 14.7 Å². The average Bonchev–Trinajstić information content (AvgIpc) is 3.08. The Morgan fingerprint density at radius 2 is 1.91 bits per heavy atom. The standard InChI is InChI=1S/C26H31N3O4/c1-25(24(27)31)15-33-22-19(25)13-20(29-21(22)16-7-5-8-16)26(32,18-11-3-2-4-12-18)14-28-23(30)17-9-6-10-17/h2-4,11-13,16-17,32H,5-10,14-15H2,1H3,(H2,27,31)(H,28,30)/t25-,26+/m0/s1. The Morgan fingerprint density at radius 1 is 1.21 bits per heavy atom. The summed E-state index contributed by atoms with van der Waals surface area (Å²) in [7, 11) is 0. The van der Waals surface area contributed by atoms with E-state index in [1.165, 1.54) is 0 Å². The van der Waals surface area contributed by atoms with Crippen LogP contribution in [0.1, 0.15) is 73.9 Å². The van der Waals surface area contributed by atoms with Crippen LogP contribution in [0.4, 0.5) is 0 Å². The Morgan fingerprint density at radius 3 is 2.48 bits per heavy atom. The van der Waals surface area contributed by atoms with Crippen molar-refractivity contribution in [2.75, 3.05) is 13.2 Å². The maximum absolute atomic E-state index is 12.6. The summed E-state index contributed by atoms with van der Waals surface area (Å²) in [6, 6.07) is 11.0. The summed E-state index contributed by atoms with van der Waals surface area (Å²) in [5.41, 5.74) is 5.70. The van der Waals surface area contributed by atoms with E-state index in [0.29, 0.717) is 22.6 Å². The lowest BCUT2D eigenvalue weighted by Gasteiger charge is -2.33. The van der Waals surface area contributed by atoms with Crippen LogP contribution in [-0.2, 0) is 20.6 Å². The van der Waals surface area contributed by atoms with Crippen molar-refractivity contribution in [2.24, 2.45) is 11.7 Å². The molecule has 0 bridgehead atoms. The number of aliphatic hydroxyl groups is 1. The molecule has 2 aliphatic carbocycles. The number of primary amides is 1. The second kappa shape index (κ2) is 8.13. The number of nitrogens with two attached hydrogens (primary N) is 1. The second-order valence-electron chi connectivity index (χ2n) is 9.95. The third-order valence-corrected chi connectivity index (χ3v) is 7.80. The van der Waals surface area contributed by atoms with Crippen molar-refractivity contribution in [1.82, 2.24) is 10.3 Å². The molecule has 7 nitrogen and oxygen atoms in total. The first-order chi connectivity index (χ1) is 15.8. The molecule has 1 aromatic carbocycles. The summed E-state index contributed by atoms with van der Waals surface area (Å²) < 4.78 is 5.97. The van der Waals surface area contributed by atoms with Gasteiger partial charge in [-0.15, -0.1) is 0 Å². The first-order valence-electron chi connectivity index (χ1n) is 11.9. The highest BCUT2D eigenvalue weighted by Gasteiger charge is 2.47. The number of carbonyl (C=O) groups is 2. The lowest BCUT2D eigenvalue weighted by atomic mass is 9.77. The number of nitrogens with zero attached hydrogens (tertiary/aromatic N) is 1. The summed E-state index contributed by atoms with van der Waals surface area (Å²) in [4.78, 5) is 30.0. The first kappa shape index (κ1) is 21.9. The number of amides is 2. The molecule has 0 unspecified atom stereocenters. The fourth-order valence-corrected chi connectivity index (χ4v) is 4.87. The van der Waals surface area contributed by atoms with Gasteiger partial charge in [-0.3, -0.25) is 14.6 Å². The zero-order chi connectivity index (χ0) is 23.2. The van der Waals surface area contributed by atoms with Crippen LogP contribution >= 0.6 is 0 Å².